The van der Waals surface area contributed by atoms with E-state index in [1.807, 2.05) is 30.0 Å². The first kappa shape index (κ1) is 16.9. The first-order chi connectivity index (χ1) is 10.2. The van der Waals surface area contributed by atoms with Gasteiger partial charge in [-0.25, -0.2) is 0 Å². The van der Waals surface area contributed by atoms with Crippen molar-refractivity contribution in [2.45, 2.75) is 24.3 Å². The molecular weight excluding hydrogens is 366 g/mol. The molecule has 4 heteroatoms. The van der Waals surface area contributed by atoms with Crippen molar-refractivity contribution in [2.75, 3.05) is 12.3 Å². The number of benzene rings is 2. The van der Waals surface area contributed by atoms with E-state index in [-0.39, 0.29) is 0 Å². The van der Waals surface area contributed by atoms with Crippen LogP contribution in [-0.4, -0.2) is 18.3 Å². The highest BCUT2D eigenvalue weighted by Crippen LogP contribution is 2.28. The largest absolute Gasteiger partial charge is 0.313 e. The van der Waals surface area contributed by atoms with Gasteiger partial charge in [0.2, 0.25) is 0 Å². The van der Waals surface area contributed by atoms with Crippen molar-refractivity contribution in [1.82, 2.24) is 5.32 Å². The number of hydrogen-bond acceptors (Lipinski definition) is 2. The van der Waals surface area contributed by atoms with E-state index in [0.717, 1.165) is 28.2 Å². The Balaban J connectivity index is 1.95. The summed E-state index contributed by atoms with van der Waals surface area (Å²) in [5.41, 5.74) is 1.32. The highest BCUT2D eigenvalue weighted by atomic mass is 79.9. The third kappa shape index (κ3) is 5.67. The minimum absolute atomic E-state index is 0.452. The monoisotopic (exact) mass is 383 g/mol. The highest BCUT2D eigenvalue weighted by molar-refractivity contribution is 9.10. The molecule has 2 aromatic carbocycles. The average Bonchev–Trinajstić information content (AvgIpc) is 2.49. The highest BCUT2D eigenvalue weighted by Gasteiger charge is 2.10. The van der Waals surface area contributed by atoms with Crippen LogP contribution in [0.25, 0.3) is 0 Å². The second kappa shape index (κ2) is 8.84. The summed E-state index contributed by atoms with van der Waals surface area (Å²) in [4.78, 5) is 1.29. The third-order valence-electron chi connectivity index (χ3n) is 3.16. The lowest BCUT2D eigenvalue weighted by Gasteiger charge is -2.18. The fourth-order valence-corrected chi connectivity index (χ4v) is 3.89. The molecule has 0 aliphatic rings. The Kier molecular flexibility index (Phi) is 7.11. The van der Waals surface area contributed by atoms with Crippen LogP contribution in [0.1, 0.15) is 12.5 Å². The first-order valence-corrected chi connectivity index (χ1v) is 9.20. The molecular formula is C17H19BrClNS. The van der Waals surface area contributed by atoms with E-state index in [9.17, 15) is 0 Å². The molecule has 0 amide bonds. The van der Waals surface area contributed by atoms with Crippen LogP contribution >= 0.6 is 39.3 Å². The number of halogens is 2. The van der Waals surface area contributed by atoms with Gasteiger partial charge in [0.15, 0.2) is 0 Å². The number of rotatable bonds is 7. The number of nitrogens with one attached hydrogen (secondary N) is 1. The lowest BCUT2D eigenvalue weighted by Crippen LogP contribution is -2.33. The lowest BCUT2D eigenvalue weighted by molar-refractivity contribution is 0.572. The molecule has 21 heavy (non-hydrogen) atoms. The molecule has 0 saturated carbocycles. The van der Waals surface area contributed by atoms with Crippen molar-refractivity contribution in [3.63, 3.8) is 0 Å². The zero-order valence-corrected chi connectivity index (χ0v) is 15.1. The summed E-state index contributed by atoms with van der Waals surface area (Å²) in [6.45, 7) is 3.13. The minimum atomic E-state index is 0.452. The minimum Gasteiger partial charge on any atom is -0.313 e. The molecule has 0 spiro atoms. The molecule has 1 nitrogen and oxygen atoms in total. The fourth-order valence-electron chi connectivity index (χ4n) is 2.14. The van der Waals surface area contributed by atoms with Crippen LogP contribution in [0.3, 0.4) is 0 Å². The zero-order valence-electron chi connectivity index (χ0n) is 12.0. The van der Waals surface area contributed by atoms with Crippen molar-refractivity contribution in [3.05, 3.63) is 63.6 Å². The van der Waals surface area contributed by atoms with E-state index >= 15 is 0 Å². The summed E-state index contributed by atoms with van der Waals surface area (Å²) >= 11 is 11.4. The van der Waals surface area contributed by atoms with Gasteiger partial charge in [-0.1, -0.05) is 42.8 Å². The van der Waals surface area contributed by atoms with Crippen LogP contribution in [0, 0.1) is 0 Å². The molecule has 0 aliphatic carbocycles. The van der Waals surface area contributed by atoms with Crippen molar-refractivity contribution in [3.8, 4) is 0 Å². The molecule has 2 rings (SSSR count). The summed E-state index contributed by atoms with van der Waals surface area (Å²) < 4.78 is 1.16. The summed E-state index contributed by atoms with van der Waals surface area (Å²) in [6.07, 6.45) is 1.02. The smallest absolute Gasteiger partial charge is 0.0406 e. The summed E-state index contributed by atoms with van der Waals surface area (Å²) in [7, 11) is 0. The SMILES string of the molecule is CCNC(CSc1ccccc1Br)Cc1ccc(Cl)cc1. The molecule has 0 aliphatic heterocycles. The van der Waals surface area contributed by atoms with Gasteiger partial charge in [0.25, 0.3) is 0 Å². The van der Waals surface area contributed by atoms with Crippen LogP contribution in [0.15, 0.2) is 57.9 Å². The number of thioether (sulfide) groups is 1. The van der Waals surface area contributed by atoms with E-state index in [0.29, 0.717) is 6.04 Å². The van der Waals surface area contributed by atoms with Crippen LogP contribution in [0.2, 0.25) is 5.02 Å². The van der Waals surface area contributed by atoms with Crippen molar-refractivity contribution < 1.29 is 0 Å². The van der Waals surface area contributed by atoms with Crippen molar-refractivity contribution in [1.29, 1.82) is 0 Å². The van der Waals surface area contributed by atoms with Gasteiger partial charge in [-0.2, -0.15) is 0 Å². The number of likely N-dealkylation sites (N-methyl/N-ethyl adjacent to an activating group) is 1. The Bertz CT molecular complexity index is 559. The second-order valence-corrected chi connectivity index (χ2v) is 7.18. The molecule has 1 N–H and O–H groups in total. The Morgan fingerprint density at radius 1 is 1.14 bits per heavy atom. The maximum Gasteiger partial charge on any atom is 0.0406 e. The molecule has 0 fully saturated rings. The molecule has 0 saturated heterocycles. The van der Waals surface area contributed by atoms with Gasteiger partial charge in [-0.05, 0) is 58.7 Å². The summed E-state index contributed by atoms with van der Waals surface area (Å²) in [5, 5.41) is 4.36. The van der Waals surface area contributed by atoms with Crippen LogP contribution in [0.4, 0.5) is 0 Å². The second-order valence-electron chi connectivity index (χ2n) is 4.83. The Labute approximate surface area is 144 Å². The predicted molar refractivity (Wildman–Crippen MR) is 97.5 cm³/mol. The Hall–Kier alpha value is -0.480. The average molecular weight is 385 g/mol. The van der Waals surface area contributed by atoms with Gasteiger partial charge >= 0.3 is 0 Å². The fraction of sp³-hybridized carbons (Fsp3) is 0.294. The molecule has 0 heterocycles. The normalized spacial score (nSPS) is 12.3. The maximum atomic E-state index is 5.94. The van der Waals surface area contributed by atoms with Crippen LogP contribution in [0.5, 0.6) is 0 Å². The quantitative estimate of drug-likeness (QED) is 0.640. The molecule has 0 aromatic heterocycles. The Morgan fingerprint density at radius 3 is 2.52 bits per heavy atom. The lowest BCUT2D eigenvalue weighted by atomic mass is 10.1. The third-order valence-corrected chi connectivity index (χ3v) is 5.61. The van der Waals surface area contributed by atoms with E-state index < -0.39 is 0 Å². The summed E-state index contributed by atoms with van der Waals surface area (Å²) in [6, 6.07) is 16.9. The zero-order chi connectivity index (χ0) is 15.1. The molecule has 2 aromatic rings. The van der Waals surface area contributed by atoms with E-state index in [4.69, 9.17) is 11.6 Å². The maximum absolute atomic E-state index is 5.94. The summed E-state index contributed by atoms with van der Waals surface area (Å²) in [5.74, 6) is 1.04. The van der Waals surface area contributed by atoms with Gasteiger partial charge in [-0.15, -0.1) is 11.8 Å². The van der Waals surface area contributed by atoms with Gasteiger partial charge in [0.1, 0.15) is 0 Å². The molecule has 1 atom stereocenters. The van der Waals surface area contributed by atoms with Gasteiger partial charge in [0, 0.05) is 26.2 Å². The van der Waals surface area contributed by atoms with Crippen molar-refractivity contribution >= 4 is 39.3 Å². The molecule has 112 valence electrons. The van der Waals surface area contributed by atoms with E-state index in [1.54, 1.807) is 0 Å². The predicted octanol–water partition coefficient (Wildman–Crippen LogP) is 5.42. The molecule has 1 unspecified atom stereocenters. The Morgan fingerprint density at radius 2 is 1.86 bits per heavy atom. The molecule has 0 bridgehead atoms. The molecule has 0 radical (unpaired) electrons. The first-order valence-electron chi connectivity index (χ1n) is 7.04. The number of hydrogen-bond donors (Lipinski definition) is 1. The van der Waals surface area contributed by atoms with Crippen molar-refractivity contribution in [2.24, 2.45) is 0 Å². The van der Waals surface area contributed by atoms with Gasteiger partial charge in [0.05, 0.1) is 0 Å². The van der Waals surface area contributed by atoms with E-state index in [1.165, 1.54) is 10.5 Å². The van der Waals surface area contributed by atoms with Gasteiger partial charge in [-0.3, -0.25) is 0 Å². The topological polar surface area (TPSA) is 12.0 Å². The van der Waals surface area contributed by atoms with Gasteiger partial charge < -0.3 is 5.32 Å². The van der Waals surface area contributed by atoms with Crippen LogP contribution < -0.4 is 5.32 Å². The van der Waals surface area contributed by atoms with E-state index in [2.05, 4.69) is 58.5 Å². The standard InChI is InChI=1S/C17H19BrClNS/c1-2-20-15(11-13-7-9-14(19)10-8-13)12-21-17-6-4-3-5-16(17)18/h3-10,15,20H,2,11-12H2,1H3. The van der Waals surface area contributed by atoms with Crippen LogP contribution in [-0.2, 0) is 6.42 Å².